The minimum Gasteiger partial charge on any atom is -0.444 e. The molecule has 1 atom stereocenters. The van der Waals surface area contributed by atoms with Crippen LogP contribution < -0.4 is 45.9 Å². The van der Waals surface area contributed by atoms with E-state index in [2.05, 4.69) is 32.7 Å². The van der Waals surface area contributed by atoms with Gasteiger partial charge in [-0.05, 0) is 53.8 Å². The van der Waals surface area contributed by atoms with Gasteiger partial charge >= 0.3 is 41.3 Å². The zero-order valence-corrected chi connectivity index (χ0v) is 25.5. The smallest absolute Gasteiger partial charge is 0.444 e. The van der Waals surface area contributed by atoms with Crippen LogP contribution in [0.1, 0.15) is 56.5 Å². The molecule has 2 aromatic carbocycles. The second-order valence-electron chi connectivity index (χ2n) is 9.20. The van der Waals surface area contributed by atoms with Crippen molar-refractivity contribution in [2.24, 2.45) is 11.3 Å². The third kappa shape index (κ3) is 9.31. The number of hydrogen-bond donors (Lipinski definition) is 3. The van der Waals surface area contributed by atoms with Crippen LogP contribution in [0.4, 0.5) is 13.6 Å². The molecule has 4 rings (SSSR count). The van der Waals surface area contributed by atoms with Crippen molar-refractivity contribution < 1.29 is 43.1 Å². The molecule has 0 radical (unpaired) electrons. The summed E-state index contributed by atoms with van der Waals surface area (Å²) in [5, 5.41) is 32.9. The molecule has 2 heterocycles. The maximum atomic E-state index is 12.9. The number of rotatable bonds is 4. The monoisotopic (exact) mass is 585 g/mol. The van der Waals surface area contributed by atoms with E-state index in [4.69, 9.17) is 10.1 Å². The maximum absolute atomic E-state index is 12.9. The summed E-state index contributed by atoms with van der Waals surface area (Å²) in [5.41, 5.74) is 2.94. The number of urea groups is 1. The number of carbonyl (C=O) groups excluding carboxylic acids is 1. The Morgan fingerprint density at radius 1 is 0.929 bits per heavy atom. The van der Waals surface area contributed by atoms with Crippen molar-refractivity contribution in [2.45, 2.75) is 39.7 Å². The fourth-order valence-corrected chi connectivity index (χ4v) is 3.92. The molecule has 1 aliphatic heterocycles. The molecule has 0 saturated carbocycles. The molecule has 0 saturated heterocycles. The number of nitriles is 2. The molecular formula is C28H26F2N7NaO4. The molecule has 1 aliphatic rings. The van der Waals surface area contributed by atoms with Crippen molar-refractivity contribution in [2.75, 3.05) is 0 Å². The van der Waals surface area contributed by atoms with E-state index in [0.29, 0.717) is 33.7 Å². The molecule has 1 unspecified atom stereocenters. The van der Waals surface area contributed by atoms with Crippen LogP contribution in [0.3, 0.4) is 0 Å². The Morgan fingerprint density at radius 2 is 1.45 bits per heavy atom. The molecule has 42 heavy (non-hydrogen) atoms. The van der Waals surface area contributed by atoms with Crippen LogP contribution in [0.2, 0.25) is 0 Å². The van der Waals surface area contributed by atoms with Crippen molar-refractivity contribution in [1.82, 2.24) is 20.6 Å². The minimum absolute atomic E-state index is 0. The fourth-order valence-electron chi connectivity index (χ4n) is 3.92. The van der Waals surface area contributed by atoms with Gasteiger partial charge in [-0.2, -0.15) is 15.5 Å². The second kappa shape index (κ2) is 16.7. The van der Waals surface area contributed by atoms with Crippen LogP contribution in [0, 0.1) is 50.3 Å². The number of H-pyrrole nitrogens is 1. The summed E-state index contributed by atoms with van der Waals surface area (Å²) in [7, 11) is 0. The SMILES string of the molecule is CC(C)C1=C(C#N)C(c2ccc(F)cc2)NC(=O)N1.CC(C)c1[nH]c(=O)nc(-c2ccc(F)cc2)c1C#N.O=N[O-].[Na+]. The quantitative estimate of drug-likeness (QED) is 0.238. The van der Waals surface area contributed by atoms with E-state index >= 15 is 0 Å². The second-order valence-corrected chi connectivity index (χ2v) is 9.20. The Bertz CT molecular complexity index is 1560. The summed E-state index contributed by atoms with van der Waals surface area (Å²) >= 11 is 0. The Balaban J connectivity index is 0.000000376. The minimum atomic E-state index is -0.531. The van der Waals surface area contributed by atoms with E-state index in [1.807, 2.05) is 27.7 Å². The van der Waals surface area contributed by atoms with Crippen LogP contribution in [-0.2, 0) is 0 Å². The first kappa shape index (κ1) is 35.6. The molecule has 0 spiro atoms. The number of aromatic nitrogens is 2. The third-order valence-electron chi connectivity index (χ3n) is 5.77. The van der Waals surface area contributed by atoms with Gasteiger partial charge in [0, 0.05) is 17.0 Å². The summed E-state index contributed by atoms with van der Waals surface area (Å²) in [6.07, 6.45) is 0. The molecule has 11 nitrogen and oxygen atoms in total. The number of nitrogens with zero attached hydrogens (tertiary/aromatic N) is 4. The van der Waals surface area contributed by atoms with E-state index < -0.39 is 11.7 Å². The average Bonchev–Trinajstić information content (AvgIpc) is 2.93. The molecule has 212 valence electrons. The van der Waals surface area contributed by atoms with E-state index in [9.17, 15) is 28.9 Å². The molecule has 0 fully saturated rings. The van der Waals surface area contributed by atoms with E-state index in [1.54, 1.807) is 12.1 Å². The van der Waals surface area contributed by atoms with Crippen molar-refractivity contribution in [3.05, 3.63) is 109 Å². The standard InChI is InChI=1S/C14H14FN3O.C14H12FN3O.HNO2.Na/c2*1-8(2)12-11(7-16)13(18-14(19)17-12)9-3-5-10(15)6-4-9;2-1-3;/h3-6,8,13H,1-2H3,(H2,17,18,19);3-6,8H,1-2H3,(H,17,18,19);(H,2,3);/q;;;+1/p-1. The molecule has 0 aliphatic carbocycles. The fraction of sp³-hybridized carbons (Fsp3) is 0.250. The van der Waals surface area contributed by atoms with Crippen molar-refractivity contribution in [3.63, 3.8) is 0 Å². The number of carbonyl (C=O) groups is 1. The van der Waals surface area contributed by atoms with Gasteiger partial charge in [-0.1, -0.05) is 39.8 Å². The number of benzene rings is 2. The number of hydrogen-bond acceptors (Lipinski definition) is 8. The first-order valence-corrected chi connectivity index (χ1v) is 12.2. The van der Waals surface area contributed by atoms with Gasteiger partial charge in [0.1, 0.15) is 17.7 Å². The Labute approximate surface area is 262 Å². The summed E-state index contributed by atoms with van der Waals surface area (Å²) in [6, 6.07) is 14.6. The summed E-state index contributed by atoms with van der Waals surface area (Å²) in [6.45, 7) is 7.56. The van der Waals surface area contributed by atoms with E-state index in [1.165, 1.54) is 36.4 Å². The molecule has 2 amide bonds. The van der Waals surface area contributed by atoms with Crippen LogP contribution in [0.5, 0.6) is 0 Å². The van der Waals surface area contributed by atoms with Crippen molar-refractivity contribution in [3.8, 4) is 23.4 Å². The van der Waals surface area contributed by atoms with Gasteiger partial charge in [0.25, 0.3) is 0 Å². The number of allylic oxidation sites excluding steroid dienone is 1. The van der Waals surface area contributed by atoms with Crippen LogP contribution >= 0.6 is 0 Å². The summed E-state index contributed by atoms with van der Waals surface area (Å²) in [4.78, 5) is 37.6. The van der Waals surface area contributed by atoms with Gasteiger partial charge in [-0.15, -0.1) is 5.34 Å². The maximum Gasteiger partial charge on any atom is 1.00 e. The zero-order chi connectivity index (χ0) is 30.7. The molecular weight excluding hydrogens is 559 g/mol. The van der Waals surface area contributed by atoms with Gasteiger partial charge < -0.3 is 25.7 Å². The van der Waals surface area contributed by atoms with Gasteiger partial charge in [0.15, 0.2) is 0 Å². The van der Waals surface area contributed by atoms with Crippen molar-refractivity contribution >= 4 is 6.03 Å². The van der Waals surface area contributed by atoms with E-state index in [0.717, 1.165) is 5.34 Å². The van der Waals surface area contributed by atoms with Crippen LogP contribution in [0.25, 0.3) is 11.3 Å². The molecule has 3 N–H and O–H groups in total. The van der Waals surface area contributed by atoms with Crippen LogP contribution in [-0.4, -0.2) is 16.0 Å². The van der Waals surface area contributed by atoms with Gasteiger partial charge in [0.05, 0.1) is 28.9 Å². The number of halogens is 2. The molecule has 14 heteroatoms. The normalized spacial score (nSPS) is 13.6. The topological polar surface area (TPSA) is 187 Å². The summed E-state index contributed by atoms with van der Waals surface area (Å²) in [5.74, 6) is -0.708. The first-order valence-electron chi connectivity index (χ1n) is 12.2. The molecule has 3 aromatic rings. The number of aromatic amines is 1. The van der Waals surface area contributed by atoms with Gasteiger partial charge in [-0.25, -0.2) is 18.4 Å². The third-order valence-corrected chi connectivity index (χ3v) is 5.77. The van der Waals surface area contributed by atoms with E-state index in [-0.39, 0.29) is 64.8 Å². The summed E-state index contributed by atoms with van der Waals surface area (Å²) < 4.78 is 25.9. The Morgan fingerprint density at radius 3 is 1.90 bits per heavy atom. The van der Waals surface area contributed by atoms with Crippen LogP contribution in [0.15, 0.2) is 69.9 Å². The average molecular weight is 586 g/mol. The zero-order valence-electron chi connectivity index (χ0n) is 23.5. The predicted molar refractivity (Wildman–Crippen MR) is 147 cm³/mol. The van der Waals surface area contributed by atoms with Gasteiger partial charge in [-0.3, -0.25) is 0 Å². The Kier molecular flexibility index (Phi) is 14.2. The Hall–Kier alpha value is -4.43. The van der Waals surface area contributed by atoms with Gasteiger partial charge in [0.2, 0.25) is 0 Å². The number of nitrogens with one attached hydrogen (secondary N) is 3. The van der Waals surface area contributed by atoms with Crippen molar-refractivity contribution in [1.29, 1.82) is 10.5 Å². The number of amides is 2. The predicted octanol–water partition coefficient (Wildman–Crippen LogP) is 2.44. The first-order chi connectivity index (χ1) is 19.5. The molecule has 0 bridgehead atoms. The molecule has 1 aromatic heterocycles. The largest absolute Gasteiger partial charge is 1.00 e.